The Hall–Kier alpha value is -3.54. The number of aromatic amines is 2. The van der Waals surface area contributed by atoms with Gasteiger partial charge in [-0.3, -0.25) is 19.8 Å². The van der Waals surface area contributed by atoms with Crippen LogP contribution in [0.4, 0.5) is 0 Å². The summed E-state index contributed by atoms with van der Waals surface area (Å²) < 4.78 is 3.30. The van der Waals surface area contributed by atoms with Crippen LogP contribution < -0.4 is 11.1 Å². The van der Waals surface area contributed by atoms with Gasteiger partial charge in [0.1, 0.15) is 0 Å². The number of nitrogens with zero attached hydrogens (tertiary/aromatic N) is 2. The molecule has 36 heavy (non-hydrogen) atoms. The van der Waals surface area contributed by atoms with E-state index in [2.05, 4.69) is 24.0 Å². The van der Waals surface area contributed by atoms with Crippen molar-refractivity contribution in [3.8, 4) is 11.4 Å². The predicted octanol–water partition coefficient (Wildman–Crippen LogP) is 6.25. The molecule has 4 aromatic rings. The van der Waals surface area contributed by atoms with Gasteiger partial charge in [0.2, 0.25) is 0 Å². The van der Waals surface area contributed by atoms with Crippen LogP contribution in [0.15, 0.2) is 58.1 Å². The fourth-order valence-electron chi connectivity index (χ4n) is 4.32. The molecule has 192 valence electrons. The van der Waals surface area contributed by atoms with Crippen molar-refractivity contribution in [3.63, 3.8) is 0 Å². The number of hydrogen-bond acceptors (Lipinski definition) is 2. The van der Waals surface area contributed by atoms with Gasteiger partial charge in [0.15, 0.2) is 0 Å². The molecule has 0 unspecified atom stereocenters. The van der Waals surface area contributed by atoms with Crippen LogP contribution in [0.25, 0.3) is 11.4 Å². The van der Waals surface area contributed by atoms with Crippen molar-refractivity contribution in [2.75, 3.05) is 0 Å². The molecule has 6 nitrogen and oxygen atoms in total. The highest BCUT2D eigenvalue weighted by atomic mass is 16.1. The van der Waals surface area contributed by atoms with Crippen molar-refractivity contribution in [1.29, 1.82) is 0 Å². The zero-order chi connectivity index (χ0) is 26.2. The van der Waals surface area contributed by atoms with E-state index in [1.54, 1.807) is 9.36 Å². The summed E-state index contributed by atoms with van der Waals surface area (Å²) in [6.07, 6.45) is 6.04. The van der Waals surface area contributed by atoms with Gasteiger partial charge in [0.25, 0.3) is 11.1 Å². The summed E-state index contributed by atoms with van der Waals surface area (Å²) in [6.45, 7) is 12.3. The van der Waals surface area contributed by atoms with Crippen molar-refractivity contribution >= 4 is 0 Å². The van der Waals surface area contributed by atoms with Crippen molar-refractivity contribution in [1.82, 2.24) is 19.6 Å². The Morgan fingerprint density at radius 3 is 1.69 bits per heavy atom. The van der Waals surface area contributed by atoms with Gasteiger partial charge in [0.05, 0.1) is 11.4 Å². The molecular formula is C30H40N4O2. The highest BCUT2D eigenvalue weighted by Gasteiger charge is 2.13. The third-order valence-electron chi connectivity index (χ3n) is 6.60. The molecule has 2 heterocycles. The van der Waals surface area contributed by atoms with E-state index in [0.717, 1.165) is 78.0 Å². The lowest BCUT2D eigenvalue weighted by molar-refractivity contribution is 0.785. The number of benzene rings is 2. The maximum Gasteiger partial charge on any atom is 0.274 e. The molecule has 0 atom stereocenters. The number of aromatic nitrogens is 4. The normalized spacial score (nSPS) is 10.8. The largest absolute Gasteiger partial charge is 0.295 e. The SMILES string of the molecule is CCCCc1c(C)[nH]n(-c2ccc(C)cc2)c1=O.CCCCc1c(C)[nH]n(-c2ccccc2C)c1=O. The number of nitrogens with one attached hydrogen (secondary N) is 2. The molecule has 6 heteroatoms. The van der Waals surface area contributed by atoms with Gasteiger partial charge in [-0.05, 0) is 77.1 Å². The van der Waals surface area contributed by atoms with Crippen LogP contribution in [0.1, 0.15) is 73.2 Å². The van der Waals surface area contributed by atoms with E-state index in [4.69, 9.17) is 0 Å². The first-order chi connectivity index (χ1) is 17.3. The molecule has 2 aromatic heterocycles. The standard InChI is InChI=1S/2C15H20N2O/c1-4-5-9-13-12(3)16-17(15(13)18)14-10-7-6-8-11(14)2;1-4-5-6-14-12(3)16-17(15(14)18)13-9-7-11(2)8-10-13/h6-8,10,16H,4-5,9H2,1-3H3;7-10,16H,4-6H2,1-3H3. The molecule has 0 radical (unpaired) electrons. The maximum absolute atomic E-state index is 12.4. The number of rotatable bonds is 8. The minimum atomic E-state index is 0.0878. The first-order valence-corrected chi connectivity index (χ1v) is 13.0. The number of H-pyrrole nitrogens is 2. The van der Waals surface area contributed by atoms with Crippen molar-refractivity contribution in [3.05, 3.63) is 103 Å². The Morgan fingerprint density at radius 1 is 0.667 bits per heavy atom. The summed E-state index contributed by atoms with van der Waals surface area (Å²) in [4.78, 5) is 24.7. The average molecular weight is 489 g/mol. The predicted molar refractivity (Wildman–Crippen MR) is 149 cm³/mol. The molecule has 0 aliphatic heterocycles. The fraction of sp³-hybridized carbons (Fsp3) is 0.400. The molecule has 2 N–H and O–H groups in total. The third kappa shape index (κ3) is 6.17. The lowest BCUT2D eigenvalue weighted by Crippen LogP contribution is -2.18. The molecule has 0 spiro atoms. The van der Waals surface area contributed by atoms with Gasteiger partial charge in [-0.25, -0.2) is 9.36 Å². The zero-order valence-corrected chi connectivity index (χ0v) is 22.6. The first kappa shape index (κ1) is 27.1. The molecule has 0 fully saturated rings. The molecule has 4 rings (SSSR count). The van der Waals surface area contributed by atoms with Crippen molar-refractivity contribution in [2.45, 2.75) is 80.1 Å². The zero-order valence-electron chi connectivity index (χ0n) is 22.6. The Balaban J connectivity index is 0.000000201. The van der Waals surface area contributed by atoms with Gasteiger partial charge in [-0.15, -0.1) is 0 Å². The van der Waals surface area contributed by atoms with E-state index in [1.165, 1.54) is 5.56 Å². The molecule has 0 saturated carbocycles. The second-order valence-corrected chi connectivity index (χ2v) is 9.54. The number of para-hydroxylation sites is 1. The van der Waals surface area contributed by atoms with Crippen LogP contribution in [0.5, 0.6) is 0 Å². The summed E-state index contributed by atoms with van der Waals surface area (Å²) in [7, 11) is 0. The number of aryl methyl sites for hydroxylation is 4. The van der Waals surface area contributed by atoms with Gasteiger partial charge in [0, 0.05) is 22.5 Å². The highest BCUT2D eigenvalue weighted by molar-refractivity contribution is 5.40. The summed E-state index contributed by atoms with van der Waals surface area (Å²) >= 11 is 0. The van der Waals surface area contributed by atoms with E-state index in [9.17, 15) is 9.59 Å². The molecule has 0 aliphatic rings. The monoisotopic (exact) mass is 488 g/mol. The van der Waals surface area contributed by atoms with Crippen LogP contribution in [0, 0.1) is 27.7 Å². The van der Waals surface area contributed by atoms with Gasteiger partial charge < -0.3 is 0 Å². The summed E-state index contributed by atoms with van der Waals surface area (Å²) in [6, 6.07) is 15.9. The summed E-state index contributed by atoms with van der Waals surface area (Å²) in [5.74, 6) is 0. The van der Waals surface area contributed by atoms with Crippen LogP contribution in [-0.4, -0.2) is 19.6 Å². The Morgan fingerprint density at radius 2 is 1.17 bits per heavy atom. The lowest BCUT2D eigenvalue weighted by Gasteiger charge is -2.04. The Kier molecular flexibility index (Phi) is 9.34. The van der Waals surface area contributed by atoms with Crippen LogP contribution >= 0.6 is 0 Å². The first-order valence-electron chi connectivity index (χ1n) is 13.0. The Bertz CT molecular complexity index is 1380. The topological polar surface area (TPSA) is 75.6 Å². The summed E-state index contributed by atoms with van der Waals surface area (Å²) in [5.41, 5.74) is 8.11. The molecular weight excluding hydrogens is 448 g/mol. The Labute approximate surface area is 214 Å². The molecule has 2 aromatic carbocycles. The number of hydrogen-bond donors (Lipinski definition) is 2. The van der Waals surface area contributed by atoms with E-state index >= 15 is 0 Å². The minimum absolute atomic E-state index is 0.0878. The molecule has 0 aliphatic carbocycles. The van der Waals surface area contributed by atoms with Crippen LogP contribution in [-0.2, 0) is 12.8 Å². The highest BCUT2D eigenvalue weighted by Crippen LogP contribution is 2.13. The number of unbranched alkanes of at least 4 members (excludes halogenated alkanes) is 2. The van der Waals surface area contributed by atoms with Gasteiger partial charge in [-0.1, -0.05) is 62.6 Å². The minimum Gasteiger partial charge on any atom is -0.295 e. The molecule has 0 saturated heterocycles. The van der Waals surface area contributed by atoms with Gasteiger partial charge >= 0.3 is 0 Å². The molecule has 0 bridgehead atoms. The van der Waals surface area contributed by atoms with Crippen molar-refractivity contribution in [2.24, 2.45) is 0 Å². The average Bonchev–Trinajstić information content (AvgIpc) is 3.31. The van der Waals surface area contributed by atoms with E-state index in [0.29, 0.717) is 0 Å². The van der Waals surface area contributed by atoms with E-state index < -0.39 is 0 Å². The van der Waals surface area contributed by atoms with Crippen LogP contribution in [0.3, 0.4) is 0 Å². The fourth-order valence-corrected chi connectivity index (χ4v) is 4.32. The smallest absolute Gasteiger partial charge is 0.274 e. The van der Waals surface area contributed by atoms with Gasteiger partial charge in [-0.2, -0.15) is 0 Å². The van der Waals surface area contributed by atoms with E-state index in [-0.39, 0.29) is 11.1 Å². The third-order valence-corrected chi connectivity index (χ3v) is 6.60. The van der Waals surface area contributed by atoms with Crippen LogP contribution in [0.2, 0.25) is 0 Å². The van der Waals surface area contributed by atoms with E-state index in [1.807, 2.05) is 76.2 Å². The second-order valence-electron chi connectivity index (χ2n) is 9.54. The molecule has 0 amide bonds. The quantitative estimate of drug-likeness (QED) is 0.308. The lowest BCUT2D eigenvalue weighted by atomic mass is 10.1. The maximum atomic E-state index is 12.4. The summed E-state index contributed by atoms with van der Waals surface area (Å²) in [5, 5.41) is 6.34. The second kappa shape index (κ2) is 12.4. The van der Waals surface area contributed by atoms with Crippen molar-refractivity contribution < 1.29 is 0 Å².